The van der Waals surface area contributed by atoms with Crippen LogP contribution in [0.2, 0.25) is 5.02 Å². The fraction of sp³-hybridized carbons (Fsp3) is 0.312. The van der Waals surface area contributed by atoms with E-state index in [9.17, 15) is 9.90 Å². The molecule has 0 saturated heterocycles. The van der Waals surface area contributed by atoms with Crippen molar-refractivity contribution in [2.24, 2.45) is 5.92 Å². The molecule has 0 radical (unpaired) electrons. The summed E-state index contributed by atoms with van der Waals surface area (Å²) in [6.07, 6.45) is 7.72. The molecule has 5 nitrogen and oxygen atoms in total. The Morgan fingerprint density at radius 1 is 1.00 bits per heavy atom. The Bertz CT molecular complexity index is 1370. The van der Waals surface area contributed by atoms with Gasteiger partial charge in [0.25, 0.3) is 0 Å². The molecule has 4 aromatic rings. The molecule has 5 rings (SSSR count). The lowest BCUT2D eigenvalue weighted by Gasteiger charge is -2.27. The fourth-order valence-corrected chi connectivity index (χ4v) is 6.15. The van der Waals surface area contributed by atoms with Crippen molar-refractivity contribution in [2.45, 2.75) is 51.7 Å². The first-order valence-electron chi connectivity index (χ1n) is 13.5. The van der Waals surface area contributed by atoms with Gasteiger partial charge in [0.05, 0.1) is 11.3 Å². The maximum atomic E-state index is 11.3. The summed E-state index contributed by atoms with van der Waals surface area (Å²) in [4.78, 5) is 18.7. The fourth-order valence-electron chi connectivity index (χ4n) is 5.13. The number of ether oxygens (including phenoxy) is 1. The normalized spacial score (nSPS) is 13.8. The van der Waals surface area contributed by atoms with Crippen LogP contribution in [0.4, 0.5) is 5.13 Å². The number of aromatic nitrogens is 1. The molecule has 202 valence electrons. The van der Waals surface area contributed by atoms with Crippen LogP contribution in [0.3, 0.4) is 0 Å². The van der Waals surface area contributed by atoms with Crippen LogP contribution in [0.15, 0.2) is 78.2 Å². The third-order valence-electron chi connectivity index (χ3n) is 7.32. The van der Waals surface area contributed by atoms with Crippen molar-refractivity contribution < 1.29 is 14.6 Å². The van der Waals surface area contributed by atoms with Crippen molar-refractivity contribution in [3.8, 4) is 17.0 Å². The zero-order valence-corrected chi connectivity index (χ0v) is 23.5. The first-order valence-corrected chi connectivity index (χ1v) is 14.8. The highest BCUT2D eigenvalue weighted by molar-refractivity contribution is 7.14. The summed E-state index contributed by atoms with van der Waals surface area (Å²) < 4.78 is 6.20. The van der Waals surface area contributed by atoms with Gasteiger partial charge in [-0.1, -0.05) is 86.2 Å². The average molecular weight is 561 g/mol. The Morgan fingerprint density at radius 2 is 1.77 bits per heavy atom. The number of halogens is 1. The molecular weight excluding hydrogens is 528 g/mol. The molecular formula is C32H33ClN2O3S. The zero-order valence-electron chi connectivity index (χ0n) is 21.9. The van der Waals surface area contributed by atoms with Crippen LogP contribution in [0, 0.1) is 5.92 Å². The van der Waals surface area contributed by atoms with E-state index >= 15 is 0 Å². The van der Waals surface area contributed by atoms with E-state index in [-0.39, 0.29) is 0 Å². The second kappa shape index (κ2) is 13.1. The number of hydrogen-bond donors (Lipinski definition) is 1. The predicted octanol–water partition coefficient (Wildman–Crippen LogP) is 8.72. The molecule has 3 aromatic carbocycles. The van der Waals surface area contributed by atoms with Crippen LogP contribution in [0.5, 0.6) is 5.75 Å². The van der Waals surface area contributed by atoms with Gasteiger partial charge in [0.15, 0.2) is 5.13 Å². The summed E-state index contributed by atoms with van der Waals surface area (Å²) in [6, 6.07) is 22.9. The maximum Gasteiger partial charge on any atom is 0.335 e. The lowest BCUT2D eigenvalue weighted by molar-refractivity contribution is 0.0697. The molecule has 0 unspecified atom stereocenters. The molecule has 1 aliphatic rings. The first kappa shape index (κ1) is 27.2. The van der Waals surface area contributed by atoms with Crippen LogP contribution in [-0.4, -0.2) is 22.6 Å². The zero-order chi connectivity index (χ0) is 27.0. The van der Waals surface area contributed by atoms with Crippen LogP contribution in [0.25, 0.3) is 11.3 Å². The highest BCUT2D eigenvalue weighted by Crippen LogP contribution is 2.37. The molecule has 1 aromatic heterocycles. The number of hydrogen-bond acceptors (Lipinski definition) is 5. The van der Waals surface area contributed by atoms with E-state index in [0.29, 0.717) is 23.7 Å². The molecule has 1 N–H and O–H groups in total. The third kappa shape index (κ3) is 7.40. The van der Waals surface area contributed by atoms with Crippen LogP contribution in [0.1, 0.15) is 60.0 Å². The van der Waals surface area contributed by atoms with Crippen LogP contribution in [-0.2, 0) is 13.2 Å². The van der Waals surface area contributed by atoms with Crippen molar-refractivity contribution in [1.82, 2.24) is 4.98 Å². The van der Waals surface area contributed by atoms with Gasteiger partial charge in [-0.3, -0.25) is 0 Å². The van der Waals surface area contributed by atoms with Crippen molar-refractivity contribution in [3.05, 3.63) is 99.9 Å². The average Bonchev–Trinajstić information content (AvgIpc) is 3.46. The Morgan fingerprint density at radius 3 is 2.51 bits per heavy atom. The molecule has 1 fully saturated rings. The molecule has 7 heteroatoms. The van der Waals surface area contributed by atoms with E-state index < -0.39 is 5.97 Å². The molecule has 0 amide bonds. The maximum absolute atomic E-state index is 11.3. The predicted molar refractivity (Wildman–Crippen MR) is 159 cm³/mol. The van der Waals surface area contributed by atoms with Gasteiger partial charge in [0, 0.05) is 29.1 Å². The topological polar surface area (TPSA) is 62.7 Å². The standard InChI is InChI=1S/C32H33ClN2O3S/c33-27-15-16-30(38-21-25-9-5-2-6-10-25)28(19-27)29-22-39-32(34-29)35(18-17-23-7-3-1-4-8-23)20-24-11-13-26(14-12-24)31(36)37/h2,5-6,9-16,19,22-23H,1,3-4,7-8,17-18,20-21H2,(H,36,37). The number of rotatable bonds is 11. The Labute approximate surface area is 239 Å². The smallest absolute Gasteiger partial charge is 0.335 e. The van der Waals surface area contributed by atoms with E-state index in [2.05, 4.69) is 10.3 Å². The molecule has 1 heterocycles. The molecule has 0 bridgehead atoms. The molecule has 0 atom stereocenters. The summed E-state index contributed by atoms with van der Waals surface area (Å²) in [7, 11) is 0. The van der Waals surface area contributed by atoms with Gasteiger partial charge in [-0.15, -0.1) is 11.3 Å². The highest BCUT2D eigenvalue weighted by atomic mass is 35.5. The summed E-state index contributed by atoms with van der Waals surface area (Å²) in [5.41, 5.74) is 4.17. The summed E-state index contributed by atoms with van der Waals surface area (Å²) in [6.45, 7) is 2.05. The minimum Gasteiger partial charge on any atom is -0.488 e. The SMILES string of the molecule is O=C(O)c1ccc(CN(CCC2CCCCC2)c2nc(-c3cc(Cl)ccc3OCc3ccccc3)cs2)cc1. The van der Waals surface area contributed by atoms with E-state index in [4.69, 9.17) is 21.3 Å². The number of thiazole rings is 1. The van der Waals surface area contributed by atoms with Gasteiger partial charge < -0.3 is 14.7 Å². The van der Waals surface area contributed by atoms with Crippen molar-refractivity contribution >= 4 is 34.0 Å². The molecule has 0 spiro atoms. The molecule has 0 aliphatic heterocycles. The van der Waals surface area contributed by atoms with E-state index in [1.54, 1.807) is 23.5 Å². The number of nitrogens with zero attached hydrogens (tertiary/aromatic N) is 2. The Kier molecular flexibility index (Phi) is 9.17. The minimum absolute atomic E-state index is 0.299. The van der Waals surface area contributed by atoms with Crippen molar-refractivity contribution in [2.75, 3.05) is 11.4 Å². The van der Waals surface area contributed by atoms with Crippen molar-refractivity contribution in [3.63, 3.8) is 0 Å². The van der Waals surface area contributed by atoms with Gasteiger partial charge in [-0.05, 0) is 53.8 Å². The molecule has 1 aliphatic carbocycles. The number of carboxylic acid groups (broad SMARTS) is 1. The first-order chi connectivity index (χ1) is 19.0. The second-order valence-corrected chi connectivity index (χ2v) is 11.4. The molecule has 1 saturated carbocycles. The van der Waals surface area contributed by atoms with Gasteiger partial charge >= 0.3 is 5.97 Å². The minimum atomic E-state index is -0.910. The molecule has 39 heavy (non-hydrogen) atoms. The largest absolute Gasteiger partial charge is 0.488 e. The van der Waals surface area contributed by atoms with E-state index in [1.165, 1.54) is 32.1 Å². The number of carbonyl (C=O) groups is 1. The van der Waals surface area contributed by atoms with Gasteiger partial charge in [-0.25, -0.2) is 9.78 Å². The van der Waals surface area contributed by atoms with Crippen LogP contribution >= 0.6 is 22.9 Å². The van der Waals surface area contributed by atoms with Crippen molar-refractivity contribution in [1.29, 1.82) is 0 Å². The Balaban J connectivity index is 1.37. The summed E-state index contributed by atoms with van der Waals surface area (Å²) >= 11 is 8.02. The van der Waals surface area contributed by atoms with E-state index in [1.807, 2.05) is 60.7 Å². The van der Waals surface area contributed by atoms with Gasteiger partial charge in [0.2, 0.25) is 0 Å². The number of benzene rings is 3. The number of anilines is 1. The monoisotopic (exact) mass is 560 g/mol. The summed E-state index contributed by atoms with van der Waals surface area (Å²) in [5, 5.41) is 12.9. The third-order valence-corrected chi connectivity index (χ3v) is 8.46. The lowest BCUT2D eigenvalue weighted by Crippen LogP contribution is -2.26. The van der Waals surface area contributed by atoms with E-state index in [0.717, 1.165) is 52.1 Å². The highest BCUT2D eigenvalue weighted by Gasteiger charge is 2.19. The van der Waals surface area contributed by atoms with Gasteiger partial charge in [0.1, 0.15) is 12.4 Å². The van der Waals surface area contributed by atoms with Gasteiger partial charge in [-0.2, -0.15) is 0 Å². The van der Waals surface area contributed by atoms with Crippen LogP contribution < -0.4 is 9.64 Å². The number of carboxylic acids is 1. The second-order valence-electron chi connectivity index (χ2n) is 10.1. The lowest BCUT2D eigenvalue weighted by atomic mass is 9.87. The summed E-state index contributed by atoms with van der Waals surface area (Å²) in [5.74, 6) is 0.589. The quantitative estimate of drug-likeness (QED) is 0.199. The Hall–Kier alpha value is -3.35. The number of aromatic carboxylic acids is 1.